The zero-order chi connectivity index (χ0) is 23.2. The van der Waals surface area contributed by atoms with Gasteiger partial charge in [0.05, 0.1) is 50.0 Å². The number of cyclic esters (lactones) is 1. The summed E-state index contributed by atoms with van der Waals surface area (Å²) in [6.07, 6.45) is 2.66. The van der Waals surface area contributed by atoms with Crippen LogP contribution in [0.4, 0.5) is 20.6 Å². The summed E-state index contributed by atoms with van der Waals surface area (Å²) in [4.78, 5) is 17.9. The van der Waals surface area contributed by atoms with E-state index in [1.165, 1.54) is 11.0 Å². The molecule has 1 N–H and O–H groups in total. The molecule has 0 saturated carbocycles. The minimum atomic E-state index is -0.495. The third-order valence-corrected chi connectivity index (χ3v) is 5.90. The number of hydrogen-bond acceptors (Lipinski definition) is 8. The maximum absolute atomic E-state index is 14.8. The number of hydrogen-bond donors (Lipinski definition) is 1. The van der Waals surface area contributed by atoms with E-state index in [1.54, 1.807) is 16.8 Å². The standard InChI is InChI=1S/C22H31FN6O4/c1-26(7-10-30)6-2-3-17-14-28(25-24-17)15-19-16-29(22(31)33-19)18-4-5-21(20(23)13-18)27-8-11-32-12-9-27/h4-5,13-14,19,30H,2-3,6-12,15-16H2,1H3/t19-/m0/s1. The second-order valence-corrected chi connectivity index (χ2v) is 8.41. The average Bonchev–Trinajstić information content (AvgIpc) is 3.40. The molecule has 180 valence electrons. The summed E-state index contributed by atoms with van der Waals surface area (Å²) < 4.78 is 27.2. The molecule has 10 nitrogen and oxygen atoms in total. The van der Waals surface area contributed by atoms with Crippen LogP contribution in [0.2, 0.25) is 0 Å². The molecule has 3 heterocycles. The van der Waals surface area contributed by atoms with Gasteiger partial charge in [-0.2, -0.15) is 0 Å². The van der Waals surface area contributed by atoms with Gasteiger partial charge in [-0.25, -0.2) is 13.9 Å². The fraction of sp³-hybridized carbons (Fsp3) is 0.591. The topological polar surface area (TPSA) is 96.2 Å². The number of aliphatic hydroxyl groups is 1. The van der Waals surface area contributed by atoms with Gasteiger partial charge in [-0.3, -0.25) is 4.90 Å². The van der Waals surface area contributed by atoms with E-state index < -0.39 is 12.2 Å². The molecule has 1 amide bonds. The zero-order valence-corrected chi connectivity index (χ0v) is 18.9. The van der Waals surface area contributed by atoms with Crippen LogP contribution in [0.3, 0.4) is 0 Å². The molecule has 0 spiro atoms. The number of carbonyl (C=O) groups excluding carboxylic acids is 1. The summed E-state index contributed by atoms with van der Waals surface area (Å²) in [5, 5.41) is 17.3. The van der Waals surface area contributed by atoms with Gasteiger partial charge >= 0.3 is 6.09 Å². The summed E-state index contributed by atoms with van der Waals surface area (Å²) in [7, 11) is 1.97. The molecule has 1 atom stereocenters. The molecule has 0 radical (unpaired) electrons. The SMILES string of the molecule is CN(CCO)CCCc1cn(C[C@H]2CN(c3ccc(N4CCOCC4)c(F)c3)C(=O)O2)nn1. The maximum Gasteiger partial charge on any atom is 0.414 e. The second kappa shape index (κ2) is 10.9. The lowest BCUT2D eigenvalue weighted by Crippen LogP contribution is -2.36. The van der Waals surface area contributed by atoms with Crippen LogP contribution < -0.4 is 9.80 Å². The van der Waals surface area contributed by atoms with Crippen molar-refractivity contribution in [1.82, 2.24) is 19.9 Å². The molecule has 2 fully saturated rings. The van der Waals surface area contributed by atoms with Crippen LogP contribution in [-0.2, 0) is 22.4 Å². The summed E-state index contributed by atoms with van der Waals surface area (Å²) in [6, 6.07) is 4.84. The first kappa shape index (κ1) is 23.4. The molecule has 0 bridgehead atoms. The van der Waals surface area contributed by atoms with E-state index in [2.05, 4.69) is 15.2 Å². The molecule has 0 unspecified atom stereocenters. The number of aliphatic hydroxyl groups excluding tert-OH is 1. The fourth-order valence-electron chi connectivity index (χ4n) is 4.12. The number of ether oxygens (including phenoxy) is 2. The normalized spacial score (nSPS) is 18.9. The summed E-state index contributed by atoms with van der Waals surface area (Å²) in [6.45, 7) is 4.79. The maximum atomic E-state index is 14.8. The van der Waals surface area contributed by atoms with E-state index in [0.29, 0.717) is 57.3 Å². The number of aromatic nitrogens is 3. The first-order valence-corrected chi connectivity index (χ1v) is 11.3. The van der Waals surface area contributed by atoms with E-state index in [1.807, 2.05) is 18.1 Å². The van der Waals surface area contributed by atoms with E-state index in [4.69, 9.17) is 14.6 Å². The zero-order valence-electron chi connectivity index (χ0n) is 18.9. The van der Waals surface area contributed by atoms with Gasteiger partial charge in [0.15, 0.2) is 0 Å². The second-order valence-electron chi connectivity index (χ2n) is 8.41. The fourth-order valence-corrected chi connectivity index (χ4v) is 4.12. The Kier molecular flexibility index (Phi) is 7.73. The van der Waals surface area contributed by atoms with Crippen LogP contribution in [0, 0.1) is 5.82 Å². The molecular formula is C22H31FN6O4. The first-order valence-electron chi connectivity index (χ1n) is 11.3. The highest BCUT2D eigenvalue weighted by atomic mass is 19.1. The largest absolute Gasteiger partial charge is 0.442 e. The molecule has 0 aliphatic carbocycles. The number of rotatable bonds is 10. The van der Waals surface area contributed by atoms with E-state index >= 15 is 0 Å². The van der Waals surface area contributed by atoms with Crippen molar-refractivity contribution in [2.45, 2.75) is 25.5 Å². The van der Waals surface area contributed by atoms with Gasteiger partial charge in [0.2, 0.25) is 0 Å². The number of morpholine rings is 1. The van der Waals surface area contributed by atoms with Crippen molar-refractivity contribution >= 4 is 17.5 Å². The lowest BCUT2D eigenvalue weighted by Gasteiger charge is -2.29. The first-order chi connectivity index (χ1) is 16.0. The van der Waals surface area contributed by atoms with Crippen LogP contribution in [0.1, 0.15) is 12.1 Å². The Hall–Kier alpha value is -2.76. The van der Waals surface area contributed by atoms with Crippen LogP contribution in [-0.4, -0.2) is 96.8 Å². The average molecular weight is 463 g/mol. The molecule has 1 aromatic carbocycles. The number of benzene rings is 1. The van der Waals surface area contributed by atoms with Crippen molar-refractivity contribution in [2.24, 2.45) is 0 Å². The Balaban J connectivity index is 1.30. The summed E-state index contributed by atoms with van der Waals surface area (Å²) in [5.74, 6) is -0.365. The van der Waals surface area contributed by atoms with Gasteiger partial charge < -0.3 is 24.4 Å². The van der Waals surface area contributed by atoms with Gasteiger partial charge in [-0.15, -0.1) is 5.10 Å². The van der Waals surface area contributed by atoms with Crippen LogP contribution in [0.5, 0.6) is 0 Å². The molecule has 2 aromatic rings. The van der Waals surface area contributed by atoms with Crippen LogP contribution >= 0.6 is 0 Å². The number of halogens is 1. The van der Waals surface area contributed by atoms with Crippen LogP contribution in [0.25, 0.3) is 0 Å². The number of anilines is 2. The van der Waals surface area contributed by atoms with Gasteiger partial charge in [0.1, 0.15) is 11.9 Å². The minimum absolute atomic E-state index is 0.147. The van der Waals surface area contributed by atoms with E-state index in [9.17, 15) is 9.18 Å². The minimum Gasteiger partial charge on any atom is -0.442 e. The Labute approximate surface area is 192 Å². The Morgan fingerprint density at radius 3 is 2.85 bits per heavy atom. The highest BCUT2D eigenvalue weighted by molar-refractivity contribution is 5.90. The lowest BCUT2D eigenvalue weighted by atomic mass is 10.2. The third-order valence-electron chi connectivity index (χ3n) is 5.90. The quantitative estimate of drug-likeness (QED) is 0.562. The van der Waals surface area contributed by atoms with Gasteiger partial charge in [-0.1, -0.05) is 5.21 Å². The van der Waals surface area contributed by atoms with Crippen molar-refractivity contribution in [3.05, 3.63) is 35.9 Å². The van der Waals surface area contributed by atoms with E-state index in [-0.39, 0.29) is 12.4 Å². The summed E-state index contributed by atoms with van der Waals surface area (Å²) in [5.41, 5.74) is 1.86. The molecule has 2 aliphatic rings. The van der Waals surface area contributed by atoms with E-state index in [0.717, 1.165) is 25.1 Å². The van der Waals surface area contributed by atoms with Gasteiger partial charge in [-0.05, 0) is 44.6 Å². The lowest BCUT2D eigenvalue weighted by molar-refractivity contribution is 0.122. The molecule has 33 heavy (non-hydrogen) atoms. The third kappa shape index (κ3) is 5.98. The number of nitrogens with zero attached hydrogens (tertiary/aromatic N) is 6. The molecule has 4 rings (SSSR count). The molecule has 2 saturated heterocycles. The Bertz CT molecular complexity index is 935. The predicted octanol–water partition coefficient (Wildman–Crippen LogP) is 1.14. The predicted molar refractivity (Wildman–Crippen MR) is 120 cm³/mol. The van der Waals surface area contributed by atoms with Gasteiger partial charge in [0, 0.05) is 25.8 Å². The molecule has 2 aliphatic heterocycles. The number of aryl methyl sites for hydroxylation is 1. The highest BCUT2D eigenvalue weighted by Crippen LogP contribution is 2.28. The van der Waals surface area contributed by atoms with Gasteiger partial charge in [0.25, 0.3) is 0 Å². The smallest absolute Gasteiger partial charge is 0.414 e. The van der Waals surface area contributed by atoms with Crippen molar-refractivity contribution < 1.29 is 23.8 Å². The molecular weight excluding hydrogens is 431 g/mol. The molecule has 1 aromatic heterocycles. The van der Waals surface area contributed by atoms with Crippen LogP contribution in [0.15, 0.2) is 24.4 Å². The number of carbonyl (C=O) groups is 1. The van der Waals surface area contributed by atoms with Crippen molar-refractivity contribution in [1.29, 1.82) is 0 Å². The Morgan fingerprint density at radius 2 is 2.09 bits per heavy atom. The van der Waals surface area contributed by atoms with Crippen molar-refractivity contribution in [3.63, 3.8) is 0 Å². The monoisotopic (exact) mass is 462 g/mol. The summed E-state index contributed by atoms with van der Waals surface area (Å²) >= 11 is 0. The Morgan fingerprint density at radius 1 is 1.27 bits per heavy atom. The van der Waals surface area contributed by atoms with Crippen molar-refractivity contribution in [2.75, 3.05) is 69.4 Å². The molecule has 11 heteroatoms. The highest BCUT2D eigenvalue weighted by Gasteiger charge is 2.33. The number of amides is 1. The van der Waals surface area contributed by atoms with Crippen molar-refractivity contribution in [3.8, 4) is 0 Å². The number of likely N-dealkylation sites (N-methyl/N-ethyl adjacent to an activating group) is 1.